The van der Waals surface area contributed by atoms with Crippen LogP contribution in [0.1, 0.15) is 18.4 Å². The molecule has 6 nitrogen and oxygen atoms in total. The number of nitrogens with one attached hydrogen (secondary N) is 2. The van der Waals surface area contributed by atoms with Crippen LogP contribution in [-0.4, -0.2) is 33.9 Å². The van der Waals surface area contributed by atoms with Crippen molar-refractivity contribution in [2.45, 2.75) is 18.6 Å². The van der Waals surface area contributed by atoms with Gasteiger partial charge in [-0.1, -0.05) is 11.2 Å². The van der Waals surface area contributed by atoms with Crippen molar-refractivity contribution in [3.05, 3.63) is 59.8 Å². The lowest BCUT2D eigenvalue weighted by atomic mass is 10.0. The molecule has 162 valence electrons. The average Bonchev–Trinajstić information content (AvgIpc) is 2.71. The number of rotatable bonds is 2. The first-order valence-corrected chi connectivity index (χ1v) is 11.6. The predicted octanol–water partition coefficient (Wildman–Crippen LogP) is 4.63. The fourth-order valence-electron chi connectivity index (χ4n) is 3.37. The zero-order valence-corrected chi connectivity index (χ0v) is 17.8. The maximum absolute atomic E-state index is 14.6. The van der Waals surface area contributed by atoms with E-state index in [1.165, 1.54) is 24.3 Å². The summed E-state index contributed by atoms with van der Waals surface area (Å²) < 4.78 is 46.0. The molecule has 2 aromatic heterocycles. The highest BCUT2D eigenvalue weighted by Gasteiger charge is 2.15. The molecule has 1 unspecified atom stereocenters. The second kappa shape index (κ2) is 9.49. The fraction of sp³-hybridized carbons (Fsp3) is 0.273. The van der Waals surface area contributed by atoms with Crippen LogP contribution in [-0.2, 0) is 16.9 Å². The molecule has 1 aromatic carbocycles. The van der Waals surface area contributed by atoms with Crippen molar-refractivity contribution in [1.82, 2.24) is 9.97 Å². The molecule has 0 spiro atoms. The summed E-state index contributed by atoms with van der Waals surface area (Å²) in [4.78, 5) is 8.66. The minimum Gasteiger partial charge on any atom is -0.616 e. The van der Waals surface area contributed by atoms with Gasteiger partial charge in [-0.3, -0.25) is 0 Å². The van der Waals surface area contributed by atoms with E-state index < -0.39 is 22.8 Å². The Morgan fingerprint density at radius 3 is 2.74 bits per heavy atom. The van der Waals surface area contributed by atoms with Crippen molar-refractivity contribution < 1.29 is 18.1 Å². The molecule has 2 N–H and O–H groups in total. The van der Waals surface area contributed by atoms with Gasteiger partial charge in [0.2, 0.25) is 0 Å². The smallest absolute Gasteiger partial charge is 0.149 e. The third-order valence-corrected chi connectivity index (χ3v) is 5.48. The van der Waals surface area contributed by atoms with Crippen molar-refractivity contribution in [3.63, 3.8) is 0 Å². The highest BCUT2D eigenvalue weighted by Crippen LogP contribution is 2.34. The minimum absolute atomic E-state index is 0.242. The van der Waals surface area contributed by atoms with Crippen LogP contribution in [0.5, 0.6) is 5.75 Å². The van der Waals surface area contributed by atoms with Gasteiger partial charge in [0.05, 0.1) is 19.1 Å². The number of aromatic nitrogens is 2. The summed E-state index contributed by atoms with van der Waals surface area (Å²) in [5.74, 6) is 1.19. The van der Waals surface area contributed by atoms with Gasteiger partial charge in [0.25, 0.3) is 0 Å². The van der Waals surface area contributed by atoms with E-state index in [9.17, 15) is 13.3 Å². The Morgan fingerprint density at radius 2 is 1.90 bits per heavy atom. The largest absolute Gasteiger partial charge is 0.616 e. The lowest BCUT2D eigenvalue weighted by Crippen LogP contribution is -2.09. The summed E-state index contributed by atoms with van der Waals surface area (Å²) in [7, 11) is 0. The van der Waals surface area contributed by atoms with E-state index in [0.29, 0.717) is 41.9 Å². The predicted molar refractivity (Wildman–Crippen MR) is 118 cm³/mol. The Balaban J connectivity index is 1.77. The first kappa shape index (κ1) is 21.3. The number of benzene rings is 1. The number of pyridine rings is 2. The molecule has 4 rings (SSSR count). The van der Waals surface area contributed by atoms with Gasteiger partial charge in [0.15, 0.2) is 0 Å². The number of hydrogen-bond acceptors (Lipinski definition) is 6. The molecular weight excluding hydrogens is 422 g/mol. The third kappa shape index (κ3) is 5.42. The summed E-state index contributed by atoms with van der Waals surface area (Å²) in [6.45, 7) is 1.02. The van der Waals surface area contributed by atoms with Crippen molar-refractivity contribution in [2.75, 3.05) is 30.0 Å². The molecule has 0 aliphatic carbocycles. The van der Waals surface area contributed by atoms with E-state index in [-0.39, 0.29) is 11.3 Å². The molecule has 3 heterocycles. The van der Waals surface area contributed by atoms with Gasteiger partial charge in [0.1, 0.15) is 40.6 Å². The lowest BCUT2D eigenvalue weighted by molar-refractivity contribution is 0.308. The average molecular weight is 445 g/mol. The van der Waals surface area contributed by atoms with Crippen molar-refractivity contribution in [3.8, 4) is 16.9 Å². The van der Waals surface area contributed by atoms with Crippen molar-refractivity contribution in [1.29, 1.82) is 0 Å². The molecular formula is C22H22F2N4O2S. The van der Waals surface area contributed by atoms with Crippen LogP contribution in [0, 0.1) is 11.6 Å². The molecule has 9 heteroatoms. The maximum Gasteiger partial charge on any atom is 0.149 e. The molecule has 0 radical (unpaired) electrons. The molecule has 1 atom stereocenters. The molecule has 1 aliphatic heterocycles. The Labute approximate surface area is 182 Å². The number of nitrogens with zero attached hydrogens (tertiary/aromatic N) is 2. The fourth-order valence-corrected chi connectivity index (χ4v) is 4.00. The highest BCUT2D eigenvalue weighted by molar-refractivity contribution is 7.89. The number of hydrogen-bond donors (Lipinski definition) is 2. The zero-order valence-electron chi connectivity index (χ0n) is 17.0. The molecule has 0 saturated carbocycles. The molecule has 0 fully saturated rings. The summed E-state index contributed by atoms with van der Waals surface area (Å²) in [5.41, 5.74) is 1.55. The van der Waals surface area contributed by atoms with E-state index in [1.54, 1.807) is 12.3 Å². The molecule has 0 amide bonds. The minimum atomic E-state index is -1.01. The van der Waals surface area contributed by atoms with Gasteiger partial charge in [0, 0.05) is 29.3 Å². The van der Waals surface area contributed by atoms with E-state index in [0.717, 1.165) is 24.6 Å². The molecule has 3 aromatic rings. The normalized spacial score (nSPS) is 14.7. The molecule has 0 saturated heterocycles. The summed E-state index contributed by atoms with van der Waals surface area (Å²) in [6, 6.07) is 9.23. The van der Waals surface area contributed by atoms with Crippen LogP contribution in [0.3, 0.4) is 0 Å². The maximum atomic E-state index is 14.6. The summed E-state index contributed by atoms with van der Waals surface area (Å²) >= 11 is -1.01. The van der Waals surface area contributed by atoms with E-state index in [4.69, 9.17) is 4.74 Å². The topological polar surface area (TPSA) is 82.1 Å². The lowest BCUT2D eigenvalue weighted by Gasteiger charge is -2.14. The first-order chi connectivity index (χ1) is 15.0. The van der Waals surface area contributed by atoms with E-state index in [1.807, 2.05) is 6.07 Å². The molecule has 31 heavy (non-hydrogen) atoms. The van der Waals surface area contributed by atoms with Crippen molar-refractivity contribution >= 4 is 28.6 Å². The number of anilines is 3. The second-order valence-corrected chi connectivity index (χ2v) is 8.70. The van der Waals surface area contributed by atoms with Gasteiger partial charge in [-0.05, 0) is 43.2 Å². The van der Waals surface area contributed by atoms with Crippen LogP contribution < -0.4 is 15.4 Å². The summed E-state index contributed by atoms with van der Waals surface area (Å²) in [5, 5.41) is 6.36. The van der Waals surface area contributed by atoms with Gasteiger partial charge < -0.3 is 19.9 Å². The third-order valence-electron chi connectivity index (χ3n) is 4.74. The zero-order chi connectivity index (χ0) is 21.8. The second-order valence-electron chi connectivity index (χ2n) is 7.26. The van der Waals surface area contributed by atoms with Crippen LogP contribution >= 0.6 is 0 Å². The van der Waals surface area contributed by atoms with Crippen LogP contribution in [0.15, 0.2) is 42.6 Å². The van der Waals surface area contributed by atoms with Crippen LogP contribution in [0.25, 0.3) is 11.1 Å². The monoisotopic (exact) mass is 444 g/mol. The number of fused-ring (bicyclic) bond motifs is 6. The molecule has 4 bridgehead atoms. The van der Waals surface area contributed by atoms with Crippen LogP contribution in [0.2, 0.25) is 0 Å². The molecule has 1 aliphatic rings. The Bertz CT molecular complexity index is 1080. The number of halogens is 2. The van der Waals surface area contributed by atoms with Gasteiger partial charge >= 0.3 is 0 Å². The van der Waals surface area contributed by atoms with Gasteiger partial charge in [-0.15, -0.1) is 0 Å². The Morgan fingerprint density at radius 1 is 1.06 bits per heavy atom. The standard InChI is InChI=1S/C22H22F2N4O2S/c1-31(29)13-14-8-20-25-6-2-3-7-30-19-10-15(23)4-5-16(19)17-11-21(26-12-18(17)24)28-22(9-14)27-20/h4-5,8-12H,2-3,6-7,13H2,1H3,(H2,25,26,27,28). The summed E-state index contributed by atoms with van der Waals surface area (Å²) in [6.07, 6.45) is 4.26. The van der Waals surface area contributed by atoms with Crippen molar-refractivity contribution in [2.24, 2.45) is 0 Å². The van der Waals surface area contributed by atoms with Crippen LogP contribution in [0.4, 0.5) is 26.2 Å². The Hall–Kier alpha value is -2.91. The first-order valence-electron chi connectivity index (χ1n) is 9.88. The van der Waals surface area contributed by atoms with E-state index >= 15 is 0 Å². The van der Waals surface area contributed by atoms with Gasteiger partial charge in [-0.25, -0.2) is 18.7 Å². The highest BCUT2D eigenvalue weighted by atomic mass is 32.2. The van der Waals surface area contributed by atoms with Gasteiger partial charge in [-0.2, -0.15) is 0 Å². The Kier molecular flexibility index (Phi) is 6.53. The van der Waals surface area contributed by atoms with E-state index in [2.05, 4.69) is 20.6 Å². The quantitative estimate of drug-likeness (QED) is 0.561. The SMILES string of the molecule is C[S+]([O-])Cc1cc2nc(c1)Nc1cc(c(F)cn1)-c1ccc(F)cc1OCCCCN2. The number of ether oxygens (including phenoxy) is 1.